The summed E-state index contributed by atoms with van der Waals surface area (Å²) in [5, 5.41) is 0. The van der Waals surface area contributed by atoms with Crippen molar-refractivity contribution in [1.29, 1.82) is 0 Å². The van der Waals surface area contributed by atoms with Gasteiger partial charge in [0.1, 0.15) is 13.2 Å². The van der Waals surface area contributed by atoms with Gasteiger partial charge in [-0.3, -0.25) is 0 Å². The molecule has 0 saturated carbocycles. The van der Waals surface area contributed by atoms with Crippen LogP contribution >= 0.6 is 0 Å². The second-order valence-corrected chi connectivity index (χ2v) is 2.83. The third kappa shape index (κ3) is 103. The molecule has 0 aliphatic rings. The van der Waals surface area contributed by atoms with Crippen LogP contribution in [0.5, 0.6) is 0 Å². The van der Waals surface area contributed by atoms with Crippen LogP contribution < -0.4 is 0 Å². The minimum atomic E-state index is -0.489. The monoisotopic (exact) mass is 422 g/mol. The van der Waals surface area contributed by atoms with Gasteiger partial charge in [0, 0.05) is 11.1 Å². The first-order valence-corrected chi connectivity index (χ1v) is 8.10. The van der Waals surface area contributed by atoms with Crippen LogP contribution in [0.1, 0.15) is 13.8 Å². The van der Waals surface area contributed by atoms with E-state index in [2.05, 4.69) is 128 Å². The second-order valence-electron chi connectivity index (χ2n) is 2.83. The molecule has 0 aromatic carbocycles. The normalized spacial score (nSPS) is 5.27. The van der Waals surface area contributed by atoms with Crippen molar-refractivity contribution in [2.45, 2.75) is 13.8 Å². The summed E-state index contributed by atoms with van der Waals surface area (Å²) >= 11 is 0. The van der Waals surface area contributed by atoms with Crippen molar-refractivity contribution in [2.24, 2.45) is 0 Å². The SMILES string of the molecule is C=C.C=C.C=C.C=C.C=C.C=C.C=C.C=C.C=C(C)C(=O)OCCOC(=O)C(=C)C. The van der Waals surface area contributed by atoms with Crippen LogP contribution in [0.4, 0.5) is 0 Å². The predicted molar refractivity (Wildman–Crippen MR) is 142 cm³/mol. The van der Waals surface area contributed by atoms with Crippen molar-refractivity contribution in [3.05, 3.63) is 130 Å². The zero-order valence-electron chi connectivity index (χ0n) is 19.8. The van der Waals surface area contributed by atoms with Gasteiger partial charge in [0.05, 0.1) is 0 Å². The van der Waals surface area contributed by atoms with Crippen LogP contribution in [0.15, 0.2) is 130 Å². The maximum absolute atomic E-state index is 10.8. The molecule has 174 valence electrons. The Bertz CT molecular complexity index is 321. The first-order valence-electron chi connectivity index (χ1n) is 8.10. The van der Waals surface area contributed by atoms with Crippen molar-refractivity contribution in [3.63, 3.8) is 0 Å². The molecule has 0 aliphatic carbocycles. The summed E-state index contributed by atoms with van der Waals surface area (Å²) in [6, 6.07) is 0. The molecule has 0 aromatic rings. The number of carbonyl (C=O) groups excluding carboxylic acids is 2. The van der Waals surface area contributed by atoms with Crippen molar-refractivity contribution < 1.29 is 19.1 Å². The van der Waals surface area contributed by atoms with Crippen molar-refractivity contribution in [2.75, 3.05) is 13.2 Å². The zero-order chi connectivity index (χ0) is 27.1. The lowest BCUT2D eigenvalue weighted by atomic mass is 10.4. The van der Waals surface area contributed by atoms with Crippen LogP contribution in [-0.4, -0.2) is 25.2 Å². The van der Waals surface area contributed by atoms with Crippen molar-refractivity contribution in [3.8, 4) is 0 Å². The average Bonchev–Trinajstić information content (AvgIpc) is 2.86. The molecular weight excluding hydrogens is 376 g/mol. The van der Waals surface area contributed by atoms with Crippen LogP contribution in [0.3, 0.4) is 0 Å². The second kappa shape index (κ2) is 98.6. The predicted octanol–water partition coefficient (Wildman–Crippen LogP) is 7.64. The minimum absolute atomic E-state index is 0.0325. The molecule has 0 spiro atoms. The Balaban J connectivity index is -0.0000000329. The lowest BCUT2D eigenvalue weighted by Crippen LogP contribution is -2.14. The number of hydrogen-bond donors (Lipinski definition) is 0. The topological polar surface area (TPSA) is 52.6 Å². The van der Waals surface area contributed by atoms with Gasteiger partial charge >= 0.3 is 11.9 Å². The summed E-state index contributed by atoms with van der Waals surface area (Å²) in [5.74, 6) is -0.979. The van der Waals surface area contributed by atoms with Gasteiger partial charge in [0.25, 0.3) is 0 Å². The molecule has 0 rings (SSSR count). The summed E-state index contributed by atoms with van der Waals surface area (Å²) in [7, 11) is 0. The van der Waals surface area contributed by atoms with Crippen LogP contribution in [0.25, 0.3) is 0 Å². The summed E-state index contributed by atoms with van der Waals surface area (Å²) in [6.45, 7) is 58.0. The quantitative estimate of drug-likeness (QED) is 0.198. The van der Waals surface area contributed by atoms with E-state index in [0.717, 1.165) is 0 Å². The Labute approximate surface area is 188 Å². The van der Waals surface area contributed by atoms with Crippen molar-refractivity contribution >= 4 is 11.9 Å². The third-order valence-electron chi connectivity index (χ3n) is 1.25. The Kier molecular flexibility index (Phi) is 185. The van der Waals surface area contributed by atoms with E-state index in [1.807, 2.05) is 0 Å². The van der Waals surface area contributed by atoms with Gasteiger partial charge in [-0.1, -0.05) is 13.2 Å². The molecule has 0 unspecified atom stereocenters. The largest absolute Gasteiger partial charge is 0.459 e. The Morgan fingerprint density at radius 3 is 0.700 bits per heavy atom. The highest BCUT2D eigenvalue weighted by Gasteiger charge is 2.05. The zero-order valence-corrected chi connectivity index (χ0v) is 19.8. The standard InChI is InChI=1S/C10H14O4.8C2H4/c1-7(2)9(11)13-5-6-14-10(12)8(3)4;8*1-2/h1,3,5-6H2,2,4H3;8*1-2H2. The van der Waals surface area contributed by atoms with E-state index in [4.69, 9.17) is 0 Å². The molecule has 0 atom stereocenters. The molecule has 30 heavy (non-hydrogen) atoms. The van der Waals surface area contributed by atoms with E-state index in [0.29, 0.717) is 11.1 Å². The van der Waals surface area contributed by atoms with E-state index in [1.54, 1.807) is 13.8 Å². The number of rotatable bonds is 5. The van der Waals surface area contributed by atoms with Crippen LogP contribution in [-0.2, 0) is 19.1 Å². The molecule has 0 fully saturated rings. The fourth-order valence-electron chi connectivity index (χ4n) is 0.515. The van der Waals surface area contributed by atoms with Gasteiger partial charge in [-0.2, -0.15) is 0 Å². The molecule has 4 nitrogen and oxygen atoms in total. The first-order chi connectivity index (χ1) is 14.4. The molecule has 0 saturated heterocycles. The molecule has 4 heteroatoms. The Morgan fingerprint density at radius 2 is 0.600 bits per heavy atom. The van der Waals surface area contributed by atoms with Gasteiger partial charge < -0.3 is 9.47 Å². The highest BCUT2D eigenvalue weighted by atomic mass is 16.6. The molecule has 0 bridgehead atoms. The highest BCUT2D eigenvalue weighted by molar-refractivity contribution is 5.87. The number of hydrogen-bond acceptors (Lipinski definition) is 4. The highest BCUT2D eigenvalue weighted by Crippen LogP contribution is 1.94. The molecule has 0 radical (unpaired) electrons. The number of esters is 2. The lowest BCUT2D eigenvalue weighted by molar-refractivity contribution is -0.147. The molecule has 0 aromatic heterocycles. The summed E-state index contributed by atoms with van der Waals surface area (Å²) < 4.78 is 9.38. The number of ether oxygens (including phenoxy) is 2. The fraction of sp³-hybridized carbons (Fsp3) is 0.154. The smallest absolute Gasteiger partial charge is 0.333 e. The van der Waals surface area contributed by atoms with E-state index < -0.39 is 11.9 Å². The maximum Gasteiger partial charge on any atom is 0.333 e. The Hall–Kier alpha value is -3.66. The van der Waals surface area contributed by atoms with Crippen LogP contribution in [0.2, 0.25) is 0 Å². The molecule has 0 amide bonds. The third-order valence-corrected chi connectivity index (χ3v) is 1.25. The first kappa shape index (κ1) is 56.3. The van der Waals surface area contributed by atoms with Gasteiger partial charge in [0.15, 0.2) is 0 Å². The van der Waals surface area contributed by atoms with E-state index in [9.17, 15) is 9.59 Å². The minimum Gasteiger partial charge on any atom is -0.459 e. The van der Waals surface area contributed by atoms with Gasteiger partial charge in [-0.15, -0.1) is 105 Å². The van der Waals surface area contributed by atoms with Gasteiger partial charge in [-0.05, 0) is 13.8 Å². The number of carbonyl (C=O) groups is 2. The van der Waals surface area contributed by atoms with Crippen LogP contribution in [0, 0.1) is 0 Å². The lowest BCUT2D eigenvalue weighted by Gasteiger charge is -2.05. The molecule has 0 aliphatic heterocycles. The molecule has 0 N–H and O–H groups in total. The van der Waals surface area contributed by atoms with E-state index >= 15 is 0 Å². The average molecular weight is 423 g/mol. The fourth-order valence-corrected chi connectivity index (χ4v) is 0.515. The maximum atomic E-state index is 10.8. The Morgan fingerprint density at radius 1 is 0.467 bits per heavy atom. The van der Waals surface area contributed by atoms with E-state index in [1.165, 1.54) is 0 Å². The summed E-state index contributed by atoms with van der Waals surface area (Å²) in [5.41, 5.74) is 0.632. The van der Waals surface area contributed by atoms with Gasteiger partial charge in [-0.25, -0.2) is 9.59 Å². The van der Waals surface area contributed by atoms with Gasteiger partial charge in [0.2, 0.25) is 0 Å². The molecular formula is C26H46O4. The summed E-state index contributed by atoms with van der Waals surface area (Å²) in [6.07, 6.45) is 0. The summed E-state index contributed by atoms with van der Waals surface area (Å²) in [4.78, 5) is 21.7. The molecule has 0 heterocycles. The van der Waals surface area contributed by atoms with E-state index in [-0.39, 0.29) is 13.2 Å². The van der Waals surface area contributed by atoms with Crippen molar-refractivity contribution in [1.82, 2.24) is 0 Å².